The molecule has 9 aromatic carbocycles. The molecular weight excluding hydrogens is 749 g/mol. The van der Waals surface area contributed by atoms with Crippen LogP contribution in [-0.2, 0) is 0 Å². The van der Waals surface area contributed by atoms with Gasteiger partial charge in [-0.3, -0.25) is 0 Å². The lowest BCUT2D eigenvalue weighted by Crippen LogP contribution is -2.04. The molecule has 60 heavy (non-hydrogen) atoms. The van der Waals surface area contributed by atoms with Crippen LogP contribution < -0.4 is 0 Å². The molecule has 0 aliphatic heterocycles. The largest absolute Gasteiger partial charge is 0.308 e. The van der Waals surface area contributed by atoms with Gasteiger partial charge < -0.3 is 4.57 Å². The van der Waals surface area contributed by atoms with Crippen LogP contribution in [0.15, 0.2) is 206 Å². The third-order valence-corrected chi connectivity index (χ3v) is 12.9. The zero-order chi connectivity index (χ0) is 39.6. The van der Waals surface area contributed by atoms with Gasteiger partial charge in [0, 0.05) is 47.6 Å². The number of benzene rings is 9. The molecule has 0 atom stereocenters. The molecular formula is C55H34N4S. The van der Waals surface area contributed by atoms with Crippen LogP contribution in [0.5, 0.6) is 0 Å². The van der Waals surface area contributed by atoms with E-state index in [-0.39, 0.29) is 0 Å². The van der Waals surface area contributed by atoms with Crippen LogP contribution >= 0.6 is 11.3 Å². The molecule has 0 radical (unpaired) electrons. The second kappa shape index (κ2) is 14.0. The molecule has 3 heterocycles. The summed E-state index contributed by atoms with van der Waals surface area (Å²) >= 11 is 1.86. The molecule has 12 rings (SSSR count). The molecule has 4 nitrogen and oxygen atoms in total. The third-order valence-electron chi connectivity index (χ3n) is 11.7. The Kier molecular flexibility index (Phi) is 8.00. The van der Waals surface area contributed by atoms with Crippen LogP contribution in [0.25, 0.3) is 115 Å². The molecule has 0 unspecified atom stereocenters. The van der Waals surface area contributed by atoms with Crippen LogP contribution in [0.3, 0.4) is 0 Å². The van der Waals surface area contributed by atoms with Crippen molar-refractivity contribution in [1.82, 2.24) is 19.5 Å². The van der Waals surface area contributed by atoms with E-state index in [1.54, 1.807) is 0 Å². The molecule has 0 saturated heterocycles. The highest BCUT2D eigenvalue weighted by atomic mass is 32.1. The smallest absolute Gasteiger partial charge is 0.166 e. The maximum Gasteiger partial charge on any atom is 0.166 e. The second-order valence-electron chi connectivity index (χ2n) is 15.2. The number of hydrogen-bond acceptors (Lipinski definition) is 4. The first-order chi connectivity index (χ1) is 29.7. The van der Waals surface area contributed by atoms with Crippen molar-refractivity contribution in [2.24, 2.45) is 0 Å². The van der Waals surface area contributed by atoms with E-state index in [1.807, 2.05) is 29.5 Å². The van der Waals surface area contributed by atoms with Gasteiger partial charge in [0.2, 0.25) is 0 Å². The molecule has 0 spiro atoms. The molecule has 0 aliphatic rings. The average Bonchev–Trinajstić information content (AvgIpc) is 3.88. The third kappa shape index (κ3) is 5.63. The lowest BCUT2D eigenvalue weighted by atomic mass is 9.99. The first-order valence-electron chi connectivity index (χ1n) is 20.2. The van der Waals surface area contributed by atoms with Gasteiger partial charge in [-0.1, -0.05) is 176 Å². The van der Waals surface area contributed by atoms with Crippen LogP contribution in [0.1, 0.15) is 0 Å². The Morgan fingerprint density at radius 1 is 0.350 bits per heavy atom. The van der Waals surface area contributed by atoms with Gasteiger partial charge >= 0.3 is 0 Å². The van der Waals surface area contributed by atoms with Crippen molar-refractivity contribution < 1.29 is 0 Å². The Balaban J connectivity index is 1.04. The standard InChI is InChI=1S/C55H34N4S/c1-3-14-35(15-4-1)40-30-32-45(49(34-40)59-47-24-11-9-20-43(47)44-21-10-12-25-48(44)59)55-57-53(38-17-5-2-6-18-38)56-54(58-55)39-28-26-37(27-29-39)42-22-13-23-46-51-41-19-8-7-16-36(41)31-33-50(51)60-52(42)46/h1-34H. The van der Waals surface area contributed by atoms with Crippen LogP contribution in [-0.4, -0.2) is 19.5 Å². The van der Waals surface area contributed by atoms with Crippen molar-refractivity contribution in [3.63, 3.8) is 0 Å². The maximum atomic E-state index is 5.31. The lowest BCUT2D eigenvalue weighted by Gasteiger charge is -2.16. The Hall–Kier alpha value is -7.73. The minimum Gasteiger partial charge on any atom is -0.308 e. The Morgan fingerprint density at radius 3 is 1.62 bits per heavy atom. The van der Waals surface area contributed by atoms with Crippen LogP contribution in [0.4, 0.5) is 0 Å². The summed E-state index contributed by atoms with van der Waals surface area (Å²) in [6, 6.07) is 73.2. The summed E-state index contributed by atoms with van der Waals surface area (Å²) in [5, 5.41) is 7.58. The van der Waals surface area contributed by atoms with Crippen LogP contribution in [0, 0.1) is 0 Å². The molecule has 0 amide bonds. The molecule has 3 aromatic heterocycles. The predicted octanol–water partition coefficient (Wildman–Crippen LogP) is 14.8. The van der Waals surface area contributed by atoms with E-state index >= 15 is 0 Å². The average molecular weight is 783 g/mol. The van der Waals surface area contributed by atoms with E-state index in [0.717, 1.165) is 50.1 Å². The fourth-order valence-electron chi connectivity index (χ4n) is 8.83. The molecule has 12 aromatic rings. The number of para-hydroxylation sites is 2. The molecule has 5 heteroatoms. The Labute approximate surface area is 350 Å². The fraction of sp³-hybridized carbons (Fsp3) is 0. The molecule has 280 valence electrons. The van der Waals surface area contributed by atoms with E-state index < -0.39 is 0 Å². The van der Waals surface area contributed by atoms with Gasteiger partial charge in [-0.2, -0.15) is 0 Å². The number of fused-ring (bicyclic) bond motifs is 8. The van der Waals surface area contributed by atoms with Crippen molar-refractivity contribution in [2.45, 2.75) is 0 Å². The van der Waals surface area contributed by atoms with Crippen molar-refractivity contribution in [3.8, 4) is 62.1 Å². The normalized spacial score (nSPS) is 11.7. The summed E-state index contributed by atoms with van der Waals surface area (Å²) in [7, 11) is 0. The van der Waals surface area contributed by atoms with Gasteiger partial charge in [-0.15, -0.1) is 11.3 Å². The van der Waals surface area contributed by atoms with Crippen molar-refractivity contribution in [1.29, 1.82) is 0 Å². The van der Waals surface area contributed by atoms with Gasteiger partial charge in [-0.05, 0) is 63.4 Å². The Morgan fingerprint density at radius 2 is 0.900 bits per heavy atom. The highest BCUT2D eigenvalue weighted by Gasteiger charge is 2.21. The number of hydrogen-bond donors (Lipinski definition) is 0. The van der Waals surface area contributed by atoms with Crippen LogP contribution in [0.2, 0.25) is 0 Å². The van der Waals surface area contributed by atoms with Gasteiger partial charge in [-0.25, -0.2) is 15.0 Å². The number of aromatic nitrogens is 4. The SMILES string of the molecule is c1ccc(-c2ccc(-c3nc(-c4ccccc4)nc(-c4ccc(-c5cccc6c5sc5ccc7ccccc7c56)cc4)n3)c(-n3c4ccccc4c4ccccc43)c2)cc1. The predicted molar refractivity (Wildman–Crippen MR) is 252 cm³/mol. The van der Waals surface area contributed by atoms with E-state index in [0.29, 0.717) is 17.5 Å². The highest BCUT2D eigenvalue weighted by Crippen LogP contribution is 2.43. The van der Waals surface area contributed by atoms with Gasteiger partial charge in [0.05, 0.1) is 16.7 Å². The van der Waals surface area contributed by atoms with E-state index in [4.69, 9.17) is 15.0 Å². The summed E-state index contributed by atoms with van der Waals surface area (Å²) in [6.07, 6.45) is 0. The molecule has 0 saturated carbocycles. The zero-order valence-electron chi connectivity index (χ0n) is 32.3. The molecule has 0 aliphatic carbocycles. The van der Waals surface area contributed by atoms with Crippen molar-refractivity contribution >= 4 is 64.1 Å². The van der Waals surface area contributed by atoms with Gasteiger partial charge in [0.25, 0.3) is 0 Å². The van der Waals surface area contributed by atoms with Crippen molar-refractivity contribution in [3.05, 3.63) is 206 Å². The lowest BCUT2D eigenvalue weighted by molar-refractivity contribution is 1.06. The minimum absolute atomic E-state index is 0.613. The summed E-state index contributed by atoms with van der Waals surface area (Å²) < 4.78 is 4.96. The van der Waals surface area contributed by atoms with E-state index in [1.165, 1.54) is 47.3 Å². The fourth-order valence-corrected chi connectivity index (χ4v) is 10.1. The monoisotopic (exact) mass is 782 g/mol. The topological polar surface area (TPSA) is 43.6 Å². The summed E-state index contributed by atoms with van der Waals surface area (Å²) in [6.45, 7) is 0. The Bertz CT molecular complexity index is 3530. The zero-order valence-corrected chi connectivity index (χ0v) is 33.1. The maximum absolute atomic E-state index is 5.31. The summed E-state index contributed by atoms with van der Waals surface area (Å²) in [4.78, 5) is 15.7. The van der Waals surface area contributed by atoms with E-state index in [9.17, 15) is 0 Å². The number of thiophene rings is 1. The van der Waals surface area contributed by atoms with Crippen molar-refractivity contribution in [2.75, 3.05) is 0 Å². The first kappa shape index (κ1) is 34.3. The number of nitrogens with zero attached hydrogens (tertiary/aromatic N) is 4. The van der Waals surface area contributed by atoms with Gasteiger partial charge in [0.1, 0.15) is 0 Å². The van der Waals surface area contributed by atoms with Gasteiger partial charge in [0.15, 0.2) is 17.5 Å². The summed E-state index contributed by atoms with van der Waals surface area (Å²) in [5.74, 6) is 1.86. The highest BCUT2D eigenvalue weighted by molar-refractivity contribution is 7.26. The van der Waals surface area contributed by atoms with E-state index in [2.05, 4.69) is 193 Å². The molecule has 0 fully saturated rings. The second-order valence-corrected chi connectivity index (χ2v) is 16.2. The quantitative estimate of drug-likeness (QED) is 0.169. The summed E-state index contributed by atoms with van der Waals surface area (Å²) in [5.41, 5.74) is 10.7. The number of rotatable bonds is 6. The molecule has 0 bridgehead atoms. The first-order valence-corrected chi connectivity index (χ1v) is 21.0. The minimum atomic E-state index is 0.613. The molecule has 0 N–H and O–H groups in total.